The lowest BCUT2D eigenvalue weighted by molar-refractivity contribution is -0.142. The summed E-state index contributed by atoms with van der Waals surface area (Å²) in [6.45, 7) is 3.32. The summed E-state index contributed by atoms with van der Waals surface area (Å²) in [7, 11) is 0. The van der Waals surface area contributed by atoms with Crippen molar-refractivity contribution < 1.29 is 26.3 Å². The van der Waals surface area contributed by atoms with Gasteiger partial charge in [0, 0.05) is 0 Å². The van der Waals surface area contributed by atoms with E-state index in [0.29, 0.717) is 19.1 Å². The Balaban J connectivity index is 3.37. The highest BCUT2D eigenvalue weighted by Gasteiger charge is 2.37. The van der Waals surface area contributed by atoms with Crippen molar-refractivity contribution in [2.24, 2.45) is 0 Å². The van der Waals surface area contributed by atoms with Gasteiger partial charge in [-0.2, -0.15) is 26.3 Å². The van der Waals surface area contributed by atoms with Gasteiger partial charge >= 0.3 is 12.4 Å². The third kappa shape index (κ3) is 4.18. The molecule has 0 nitrogen and oxygen atoms in total. The number of benzene rings is 1. The molecule has 0 unspecified atom stereocenters. The number of halogens is 6. The molecule has 0 aromatic heterocycles. The smallest absolute Gasteiger partial charge is 0.166 e. The average Bonchev–Trinajstić information content (AvgIpc) is 2.33. The van der Waals surface area contributed by atoms with Crippen molar-refractivity contribution in [3.05, 3.63) is 29.3 Å². The summed E-state index contributed by atoms with van der Waals surface area (Å²) in [4.78, 5) is 0. The van der Waals surface area contributed by atoms with Crippen LogP contribution in [0.5, 0.6) is 0 Å². The number of rotatable bonds is 4. The third-order valence-electron chi connectivity index (χ3n) is 3.21. The Kier molecular flexibility index (Phi) is 5.16. The van der Waals surface area contributed by atoms with Crippen LogP contribution in [0.4, 0.5) is 26.3 Å². The number of hydrogen-bond acceptors (Lipinski definition) is 0. The minimum atomic E-state index is -4.78. The Hall–Kier alpha value is -1.14. The predicted molar refractivity (Wildman–Crippen MR) is 67.4 cm³/mol. The van der Waals surface area contributed by atoms with Gasteiger partial charge in [0.1, 0.15) is 0 Å². The first-order valence-corrected chi connectivity index (χ1v) is 6.39. The van der Waals surface area contributed by atoms with Crippen LogP contribution in [0.1, 0.15) is 31.4 Å². The zero-order valence-corrected chi connectivity index (χ0v) is 11.2. The first kappa shape index (κ1) is 16.9. The van der Waals surface area contributed by atoms with Gasteiger partial charge in [0.15, 0.2) is 6.71 Å². The lowest BCUT2D eigenvalue weighted by Crippen LogP contribution is -2.31. The Morgan fingerprint density at radius 3 is 1.60 bits per heavy atom. The van der Waals surface area contributed by atoms with E-state index in [4.69, 9.17) is 0 Å². The van der Waals surface area contributed by atoms with Gasteiger partial charge in [0.05, 0.1) is 11.1 Å². The molecule has 0 aliphatic heterocycles. The molecule has 0 spiro atoms. The molecule has 0 bridgehead atoms. The fraction of sp³-hybridized carbons (Fsp3) is 0.538. The van der Waals surface area contributed by atoms with Crippen LogP contribution >= 0.6 is 0 Å². The van der Waals surface area contributed by atoms with Crippen LogP contribution < -0.4 is 5.46 Å². The molecule has 20 heavy (non-hydrogen) atoms. The molecule has 0 amide bonds. The van der Waals surface area contributed by atoms with Gasteiger partial charge in [-0.1, -0.05) is 50.5 Å². The standard InChI is InChI=1S/C13H15BF6/c1-3-5-14(4-2)11-7-9(12(15,16)17)6-10(8-11)13(18,19)20/h6-8H,3-5H2,1-2H3. The van der Waals surface area contributed by atoms with Gasteiger partial charge in [-0.3, -0.25) is 0 Å². The second-order valence-corrected chi connectivity index (χ2v) is 4.73. The largest absolute Gasteiger partial charge is 0.416 e. The Morgan fingerprint density at radius 2 is 1.30 bits per heavy atom. The summed E-state index contributed by atoms with van der Waals surface area (Å²) in [6, 6.07) is 1.83. The normalized spacial score (nSPS) is 12.6. The first-order chi connectivity index (χ1) is 9.09. The molecular weight excluding hydrogens is 281 g/mol. The molecule has 0 heterocycles. The quantitative estimate of drug-likeness (QED) is 0.550. The lowest BCUT2D eigenvalue weighted by Gasteiger charge is -2.17. The molecule has 7 heteroatoms. The van der Waals surface area contributed by atoms with Crippen molar-refractivity contribution in [3.63, 3.8) is 0 Å². The van der Waals surface area contributed by atoms with Crippen molar-refractivity contribution in [1.29, 1.82) is 0 Å². The molecule has 0 N–H and O–H groups in total. The van der Waals surface area contributed by atoms with E-state index in [-0.39, 0.29) is 18.2 Å². The maximum atomic E-state index is 12.7. The van der Waals surface area contributed by atoms with Crippen LogP contribution in [0.25, 0.3) is 0 Å². The lowest BCUT2D eigenvalue weighted by atomic mass is 9.40. The SMILES string of the molecule is CCCB(CC)c1cc(C(F)(F)F)cc(C(F)(F)F)c1. The number of alkyl halides is 6. The molecule has 0 fully saturated rings. The summed E-state index contributed by atoms with van der Waals surface area (Å²) in [5.74, 6) is 0. The van der Waals surface area contributed by atoms with E-state index in [0.717, 1.165) is 12.1 Å². The second kappa shape index (κ2) is 6.10. The van der Waals surface area contributed by atoms with Crippen LogP contribution in [0.3, 0.4) is 0 Å². The van der Waals surface area contributed by atoms with E-state index in [1.54, 1.807) is 6.92 Å². The summed E-state index contributed by atoms with van der Waals surface area (Å²) >= 11 is 0. The van der Waals surface area contributed by atoms with Crippen molar-refractivity contribution >= 4 is 12.2 Å². The highest BCUT2D eigenvalue weighted by molar-refractivity contribution is 6.73. The second-order valence-electron chi connectivity index (χ2n) is 4.73. The summed E-state index contributed by atoms with van der Waals surface area (Å²) in [5, 5.41) is 0. The minimum absolute atomic E-state index is 0.108. The average molecular weight is 296 g/mol. The Bertz CT molecular complexity index is 417. The molecule has 112 valence electrons. The van der Waals surface area contributed by atoms with Gasteiger partial charge in [-0.15, -0.1) is 0 Å². The maximum absolute atomic E-state index is 12.7. The van der Waals surface area contributed by atoms with Crippen LogP contribution in [0.15, 0.2) is 18.2 Å². The van der Waals surface area contributed by atoms with Crippen molar-refractivity contribution in [1.82, 2.24) is 0 Å². The van der Waals surface area contributed by atoms with E-state index >= 15 is 0 Å². The van der Waals surface area contributed by atoms with Gasteiger partial charge in [-0.05, 0) is 6.07 Å². The van der Waals surface area contributed by atoms with Gasteiger partial charge in [-0.25, -0.2) is 0 Å². The molecule has 0 saturated heterocycles. The van der Waals surface area contributed by atoms with Crippen molar-refractivity contribution in [2.75, 3.05) is 0 Å². The van der Waals surface area contributed by atoms with Crippen molar-refractivity contribution in [2.45, 2.75) is 45.3 Å². The molecule has 1 aromatic rings. The molecule has 0 saturated carbocycles. The fourth-order valence-corrected chi connectivity index (χ4v) is 2.17. The minimum Gasteiger partial charge on any atom is -0.166 e. The maximum Gasteiger partial charge on any atom is 0.416 e. The highest BCUT2D eigenvalue weighted by Crippen LogP contribution is 2.34. The van der Waals surface area contributed by atoms with E-state index in [1.807, 2.05) is 6.92 Å². The van der Waals surface area contributed by atoms with Gasteiger partial charge in [0.2, 0.25) is 0 Å². The third-order valence-corrected chi connectivity index (χ3v) is 3.21. The monoisotopic (exact) mass is 296 g/mol. The Labute approximate surface area is 114 Å². The molecule has 0 atom stereocenters. The number of hydrogen-bond donors (Lipinski definition) is 0. The van der Waals surface area contributed by atoms with E-state index < -0.39 is 23.5 Å². The van der Waals surface area contributed by atoms with E-state index in [1.165, 1.54) is 0 Å². The molecule has 0 aliphatic rings. The summed E-state index contributed by atoms with van der Waals surface area (Å²) in [6.07, 6.45) is -7.78. The summed E-state index contributed by atoms with van der Waals surface area (Å²) < 4.78 is 76.3. The predicted octanol–water partition coefficient (Wildman–Crippen LogP) is 4.86. The molecule has 0 radical (unpaired) electrons. The van der Waals surface area contributed by atoms with E-state index in [2.05, 4.69) is 0 Å². The van der Waals surface area contributed by atoms with Crippen LogP contribution in [0.2, 0.25) is 12.6 Å². The molecule has 1 aromatic carbocycles. The van der Waals surface area contributed by atoms with Crippen LogP contribution in [-0.4, -0.2) is 6.71 Å². The summed E-state index contributed by atoms with van der Waals surface area (Å²) in [5.41, 5.74) is -2.37. The zero-order valence-electron chi connectivity index (χ0n) is 11.2. The highest BCUT2D eigenvalue weighted by atomic mass is 19.4. The van der Waals surface area contributed by atoms with Crippen LogP contribution in [0, 0.1) is 0 Å². The topological polar surface area (TPSA) is 0 Å². The zero-order chi connectivity index (χ0) is 15.6. The molecular formula is C13H15BF6. The van der Waals surface area contributed by atoms with Crippen LogP contribution in [-0.2, 0) is 12.4 Å². The Morgan fingerprint density at radius 1 is 0.850 bits per heavy atom. The first-order valence-electron chi connectivity index (χ1n) is 6.39. The fourth-order valence-electron chi connectivity index (χ4n) is 2.17. The van der Waals surface area contributed by atoms with Crippen molar-refractivity contribution in [3.8, 4) is 0 Å². The van der Waals surface area contributed by atoms with E-state index in [9.17, 15) is 26.3 Å². The molecule has 1 rings (SSSR count). The van der Waals surface area contributed by atoms with Gasteiger partial charge < -0.3 is 0 Å². The van der Waals surface area contributed by atoms with Gasteiger partial charge in [0.25, 0.3) is 0 Å². The molecule has 0 aliphatic carbocycles.